The van der Waals surface area contributed by atoms with E-state index >= 15 is 0 Å². The maximum absolute atomic E-state index is 13.3. The normalized spacial score (nSPS) is 16.9. The fraction of sp³-hybridized carbons (Fsp3) is 0.286. The van der Waals surface area contributed by atoms with Crippen molar-refractivity contribution in [2.75, 3.05) is 13.7 Å². The van der Waals surface area contributed by atoms with E-state index in [-0.39, 0.29) is 57.8 Å². The van der Waals surface area contributed by atoms with Crippen LogP contribution in [0.15, 0.2) is 28.6 Å². The van der Waals surface area contributed by atoms with Gasteiger partial charge < -0.3 is 9.84 Å². The number of hydrogen-bond donors (Lipinski definition) is 1. The summed E-state index contributed by atoms with van der Waals surface area (Å²) in [6.45, 7) is -0.655. The van der Waals surface area contributed by atoms with Crippen LogP contribution in [0.4, 0.5) is 11.4 Å². The van der Waals surface area contributed by atoms with Gasteiger partial charge >= 0.3 is 0 Å². The van der Waals surface area contributed by atoms with Gasteiger partial charge in [-0.2, -0.15) is 0 Å². The second-order valence-electron chi connectivity index (χ2n) is 7.19. The van der Waals surface area contributed by atoms with Crippen LogP contribution in [0.1, 0.15) is 49.4 Å². The summed E-state index contributed by atoms with van der Waals surface area (Å²) < 4.78 is 5.21. The molecule has 2 aliphatic carbocycles. The van der Waals surface area contributed by atoms with Crippen molar-refractivity contribution in [3.8, 4) is 5.75 Å². The number of carbonyl (C=O) groups excluding carboxylic acids is 3. The van der Waals surface area contributed by atoms with Gasteiger partial charge in [0, 0.05) is 11.5 Å². The summed E-state index contributed by atoms with van der Waals surface area (Å²) in [6.07, 6.45) is 0.523. The van der Waals surface area contributed by atoms with E-state index in [4.69, 9.17) is 4.74 Å². The van der Waals surface area contributed by atoms with Gasteiger partial charge in [-0.15, -0.1) is 9.81 Å². The predicted molar refractivity (Wildman–Crippen MR) is 105 cm³/mol. The van der Waals surface area contributed by atoms with Gasteiger partial charge in [-0.1, -0.05) is 12.1 Å². The van der Waals surface area contributed by atoms with Crippen LogP contribution in [0.3, 0.4) is 0 Å². The summed E-state index contributed by atoms with van der Waals surface area (Å²) >= 11 is 0. The highest BCUT2D eigenvalue weighted by Gasteiger charge is 2.41. The van der Waals surface area contributed by atoms with Crippen molar-refractivity contribution in [2.24, 2.45) is 16.3 Å². The van der Waals surface area contributed by atoms with Crippen LogP contribution >= 0.6 is 0 Å². The molecular weight excluding hydrogens is 392 g/mol. The van der Waals surface area contributed by atoms with Crippen molar-refractivity contribution in [2.45, 2.75) is 19.3 Å². The minimum atomic E-state index is -0.655. The van der Waals surface area contributed by atoms with Crippen LogP contribution in [0, 0.1) is 15.7 Å². The fourth-order valence-electron chi connectivity index (χ4n) is 4.41. The number of hydrogen-bond acceptors (Lipinski definition) is 9. The molecule has 152 valence electrons. The first-order valence-electron chi connectivity index (χ1n) is 9.26. The molecule has 4 rings (SSSR count). The Hall–Kier alpha value is -3.59. The van der Waals surface area contributed by atoms with Gasteiger partial charge in [0.25, 0.3) is 0 Å². The van der Waals surface area contributed by atoms with E-state index in [1.807, 2.05) is 0 Å². The first-order valence-corrected chi connectivity index (χ1v) is 9.26. The molecule has 0 heterocycles. The van der Waals surface area contributed by atoms with Gasteiger partial charge in [0.05, 0.1) is 23.8 Å². The van der Waals surface area contributed by atoms with E-state index in [0.717, 1.165) is 0 Å². The number of nitroso groups, excluding NO2 is 2. The molecule has 0 aromatic heterocycles. The standard InChI is InChI=1S/C21H16N2O7/c1-30-14-4-2-3-11-15(14)21(27)17-16(20(11)26)19(23-29)12-7-9(13(25)8-24)5-6-10(12)18(17)22-28/h2-4,9,24H,5-8H2,1H3. The van der Waals surface area contributed by atoms with E-state index < -0.39 is 29.9 Å². The van der Waals surface area contributed by atoms with Crippen molar-refractivity contribution in [1.29, 1.82) is 0 Å². The molecular formula is C21H16N2O7. The SMILES string of the molecule is COc1cccc2c1C(=O)c1c(N=O)c3c(c(N=O)c1C2=O)CC(C(=O)CO)CC3. The molecule has 30 heavy (non-hydrogen) atoms. The molecule has 2 aliphatic rings. The zero-order valence-corrected chi connectivity index (χ0v) is 15.9. The Bertz CT molecular complexity index is 1150. The Morgan fingerprint density at radius 2 is 1.73 bits per heavy atom. The molecule has 9 nitrogen and oxygen atoms in total. The predicted octanol–water partition coefficient (Wildman–Crippen LogP) is 2.93. The van der Waals surface area contributed by atoms with Gasteiger partial charge in [0.1, 0.15) is 23.7 Å². The maximum atomic E-state index is 13.3. The molecule has 0 saturated heterocycles. The first kappa shape index (κ1) is 19.7. The Balaban J connectivity index is 2.04. The molecule has 2 aromatic carbocycles. The Kier molecular flexibility index (Phi) is 4.83. The number of ether oxygens (including phenoxy) is 1. The second-order valence-corrected chi connectivity index (χ2v) is 7.19. The highest BCUT2D eigenvalue weighted by molar-refractivity contribution is 6.32. The number of carbonyl (C=O) groups is 3. The highest BCUT2D eigenvalue weighted by atomic mass is 16.5. The van der Waals surface area contributed by atoms with Crippen molar-refractivity contribution in [3.05, 3.63) is 61.4 Å². The number of aliphatic hydroxyl groups excluding tert-OH is 1. The largest absolute Gasteiger partial charge is 0.496 e. The lowest BCUT2D eigenvalue weighted by molar-refractivity contribution is -0.125. The maximum Gasteiger partial charge on any atom is 0.200 e. The third-order valence-electron chi connectivity index (χ3n) is 5.82. The van der Waals surface area contributed by atoms with Crippen LogP contribution in [0.2, 0.25) is 0 Å². The second kappa shape index (κ2) is 7.34. The number of fused-ring (bicyclic) bond motifs is 3. The van der Waals surface area contributed by atoms with E-state index in [9.17, 15) is 29.3 Å². The third-order valence-corrected chi connectivity index (χ3v) is 5.82. The summed E-state index contributed by atoms with van der Waals surface area (Å²) in [4.78, 5) is 62.2. The molecule has 2 aromatic rings. The van der Waals surface area contributed by atoms with Crippen molar-refractivity contribution < 1.29 is 24.2 Å². The Morgan fingerprint density at radius 1 is 1.07 bits per heavy atom. The van der Waals surface area contributed by atoms with E-state index in [1.54, 1.807) is 0 Å². The lowest BCUT2D eigenvalue weighted by Crippen LogP contribution is -2.28. The van der Waals surface area contributed by atoms with Crippen molar-refractivity contribution >= 4 is 28.7 Å². The van der Waals surface area contributed by atoms with Crippen molar-refractivity contribution in [1.82, 2.24) is 0 Å². The molecule has 1 atom stereocenters. The lowest BCUT2D eigenvalue weighted by Gasteiger charge is -2.29. The molecule has 0 radical (unpaired) electrons. The van der Waals surface area contributed by atoms with E-state index in [0.29, 0.717) is 12.0 Å². The number of methoxy groups -OCH3 is 1. The minimum absolute atomic E-state index is 0.00310. The lowest BCUT2D eigenvalue weighted by atomic mass is 9.74. The van der Waals surface area contributed by atoms with Gasteiger partial charge in [-0.25, -0.2) is 0 Å². The van der Waals surface area contributed by atoms with Gasteiger partial charge in [0.2, 0.25) is 5.78 Å². The zero-order valence-electron chi connectivity index (χ0n) is 15.9. The van der Waals surface area contributed by atoms with Crippen LogP contribution in [0.5, 0.6) is 5.75 Å². The first-order chi connectivity index (χ1) is 14.5. The molecule has 9 heteroatoms. The minimum Gasteiger partial charge on any atom is -0.496 e. The van der Waals surface area contributed by atoms with Crippen LogP contribution in [-0.2, 0) is 17.6 Å². The summed E-state index contributed by atoms with van der Waals surface area (Å²) in [5.74, 6) is -2.11. The number of aliphatic hydroxyl groups is 1. The average Bonchev–Trinajstić information content (AvgIpc) is 2.79. The Labute approximate surface area is 170 Å². The smallest absolute Gasteiger partial charge is 0.200 e. The summed E-state index contributed by atoms with van der Waals surface area (Å²) in [5, 5.41) is 15.2. The molecule has 0 spiro atoms. The van der Waals surface area contributed by atoms with Gasteiger partial charge in [-0.3, -0.25) is 14.4 Å². The molecule has 0 amide bonds. The number of nitrogens with zero attached hydrogens (tertiary/aromatic N) is 2. The number of benzene rings is 2. The van der Waals surface area contributed by atoms with Crippen LogP contribution < -0.4 is 4.74 Å². The number of ketones is 3. The molecule has 1 N–H and O–H groups in total. The topological polar surface area (TPSA) is 140 Å². The van der Waals surface area contributed by atoms with E-state index in [1.165, 1.54) is 25.3 Å². The summed E-state index contributed by atoms with van der Waals surface area (Å²) in [6, 6.07) is 4.49. The Morgan fingerprint density at radius 3 is 2.37 bits per heavy atom. The van der Waals surface area contributed by atoms with E-state index in [2.05, 4.69) is 10.4 Å². The van der Waals surface area contributed by atoms with Gasteiger partial charge in [-0.05, 0) is 46.8 Å². The molecule has 0 bridgehead atoms. The molecule has 0 fully saturated rings. The number of rotatable bonds is 5. The summed E-state index contributed by atoms with van der Waals surface area (Å²) in [5.41, 5.74) is -0.375. The third kappa shape index (κ3) is 2.62. The molecule has 0 aliphatic heterocycles. The monoisotopic (exact) mass is 408 g/mol. The average molecular weight is 408 g/mol. The quantitative estimate of drug-likeness (QED) is 0.640. The summed E-state index contributed by atoms with van der Waals surface area (Å²) in [7, 11) is 1.35. The highest BCUT2D eigenvalue weighted by Crippen LogP contribution is 2.48. The van der Waals surface area contributed by atoms with Gasteiger partial charge in [0.15, 0.2) is 11.6 Å². The zero-order chi connectivity index (χ0) is 21.6. The van der Waals surface area contributed by atoms with Crippen LogP contribution in [-0.4, -0.2) is 36.2 Å². The fourth-order valence-corrected chi connectivity index (χ4v) is 4.41. The molecule has 1 unspecified atom stereocenters. The number of Topliss-reactive ketones (excluding diaryl/α,β-unsaturated/α-hetero) is 1. The molecule has 0 saturated carbocycles. The van der Waals surface area contributed by atoms with Crippen LogP contribution in [0.25, 0.3) is 0 Å². The van der Waals surface area contributed by atoms with Crippen molar-refractivity contribution in [3.63, 3.8) is 0 Å².